The van der Waals surface area contributed by atoms with Crippen molar-refractivity contribution in [2.75, 3.05) is 11.9 Å². The number of nitrogens with zero attached hydrogens (tertiary/aromatic N) is 3. The number of carbonyl (C=O) groups is 1. The van der Waals surface area contributed by atoms with Gasteiger partial charge in [0.05, 0.1) is 16.8 Å². The highest BCUT2D eigenvalue weighted by atomic mass is 35.5. The van der Waals surface area contributed by atoms with E-state index in [1.807, 2.05) is 19.1 Å². The van der Waals surface area contributed by atoms with Crippen LogP contribution in [0.4, 0.5) is 11.4 Å². The van der Waals surface area contributed by atoms with Gasteiger partial charge in [-0.15, -0.1) is 0 Å². The summed E-state index contributed by atoms with van der Waals surface area (Å²) in [5, 5.41) is 14.3. The second kappa shape index (κ2) is 8.45. The van der Waals surface area contributed by atoms with Crippen molar-refractivity contribution in [3.05, 3.63) is 87.7 Å². The second-order valence-corrected chi connectivity index (χ2v) is 7.29. The first-order valence-corrected chi connectivity index (χ1v) is 9.69. The van der Waals surface area contributed by atoms with E-state index in [1.54, 1.807) is 47.0 Å². The van der Waals surface area contributed by atoms with Crippen LogP contribution in [0.3, 0.4) is 0 Å². The van der Waals surface area contributed by atoms with Crippen LogP contribution in [-0.4, -0.2) is 26.8 Å². The van der Waals surface area contributed by atoms with Crippen LogP contribution in [0.15, 0.2) is 67.0 Å². The fourth-order valence-corrected chi connectivity index (χ4v) is 3.28. The molecule has 0 saturated carbocycles. The van der Waals surface area contributed by atoms with Crippen LogP contribution in [0.5, 0.6) is 5.75 Å². The molecule has 0 fully saturated rings. The molecule has 0 spiro atoms. The molecule has 0 aliphatic rings. The number of anilines is 1. The zero-order valence-electron chi connectivity index (χ0n) is 16.4. The standard InChI is InChI=1S/C22H17ClN4O4/c1-14-10-16(23)4-8-19(14)25-22(28)13-31-18-6-2-15(3-7-18)20-12-26-11-17(27(29)30)5-9-21(26)24-20/h2-12H,13H2,1H3,(H,25,28). The van der Waals surface area contributed by atoms with E-state index in [9.17, 15) is 14.9 Å². The summed E-state index contributed by atoms with van der Waals surface area (Å²) in [6, 6.07) is 15.3. The molecule has 2 aromatic heterocycles. The van der Waals surface area contributed by atoms with Gasteiger partial charge in [0.1, 0.15) is 11.4 Å². The average Bonchev–Trinajstić information content (AvgIpc) is 3.18. The molecule has 0 bridgehead atoms. The van der Waals surface area contributed by atoms with Crippen molar-refractivity contribution in [3.8, 4) is 17.0 Å². The van der Waals surface area contributed by atoms with E-state index in [2.05, 4.69) is 10.3 Å². The highest BCUT2D eigenvalue weighted by Crippen LogP contribution is 2.24. The Hall–Kier alpha value is -3.91. The number of ether oxygens (including phenoxy) is 1. The molecule has 4 rings (SSSR count). The van der Waals surface area contributed by atoms with E-state index in [1.165, 1.54) is 12.3 Å². The first-order chi connectivity index (χ1) is 14.9. The van der Waals surface area contributed by atoms with E-state index in [0.29, 0.717) is 27.8 Å². The van der Waals surface area contributed by atoms with E-state index >= 15 is 0 Å². The number of halogens is 1. The third-order valence-corrected chi connectivity index (χ3v) is 4.86. The number of carbonyl (C=O) groups excluding carboxylic acids is 1. The number of rotatable bonds is 6. The number of nitrogens with one attached hydrogen (secondary N) is 1. The van der Waals surface area contributed by atoms with Gasteiger partial charge in [0.25, 0.3) is 11.6 Å². The molecule has 31 heavy (non-hydrogen) atoms. The van der Waals surface area contributed by atoms with Crippen molar-refractivity contribution in [3.63, 3.8) is 0 Å². The third kappa shape index (κ3) is 4.65. The van der Waals surface area contributed by atoms with Crippen molar-refractivity contribution in [1.29, 1.82) is 0 Å². The van der Waals surface area contributed by atoms with Crippen LogP contribution in [0.1, 0.15) is 5.56 Å². The minimum atomic E-state index is -0.449. The molecule has 9 heteroatoms. The first-order valence-electron chi connectivity index (χ1n) is 9.31. The lowest BCUT2D eigenvalue weighted by Gasteiger charge is -2.10. The summed E-state index contributed by atoms with van der Waals surface area (Å²) in [4.78, 5) is 27.1. The summed E-state index contributed by atoms with van der Waals surface area (Å²) >= 11 is 5.92. The minimum Gasteiger partial charge on any atom is -0.484 e. The van der Waals surface area contributed by atoms with Crippen LogP contribution in [0.25, 0.3) is 16.9 Å². The lowest BCUT2D eigenvalue weighted by Crippen LogP contribution is -2.20. The van der Waals surface area contributed by atoms with E-state index < -0.39 is 4.92 Å². The van der Waals surface area contributed by atoms with Crippen LogP contribution < -0.4 is 10.1 Å². The van der Waals surface area contributed by atoms with Gasteiger partial charge >= 0.3 is 0 Å². The average molecular weight is 437 g/mol. The Kier molecular flexibility index (Phi) is 5.55. The maximum absolute atomic E-state index is 12.2. The van der Waals surface area contributed by atoms with Crippen molar-refractivity contribution < 1.29 is 14.5 Å². The number of nitro groups is 1. The van der Waals surface area contributed by atoms with Crippen LogP contribution in [-0.2, 0) is 4.79 Å². The Morgan fingerprint density at radius 2 is 1.94 bits per heavy atom. The van der Waals surface area contributed by atoms with Crippen LogP contribution in [0.2, 0.25) is 5.02 Å². The van der Waals surface area contributed by atoms with E-state index in [0.717, 1.165) is 11.1 Å². The number of benzene rings is 2. The Morgan fingerprint density at radius 3 is 2.65 bits per heavy atom. The van der Waals surface area contributed by atoms with Crippen LogP contribution >= 0.6 is 11.6 Å². The Bertz CT molecular complexity index is 1280. The molecule has 156 valence electrons. The molecule has 1 N–H and O–H groups in total. The van der Waals surface area contributed by atoms with Crippen LogP contribution in [0, 0.1) is 17.0 Å². The highest BCUT2D eigenvalue weighted by molar-refractivity contribution is 6.30. The van der Waals surface area contributed by atoms with Gasteiger partial charge in [-0.1, -0.05) is 11.6 Å². The van der Waals surface area contributed by atoms with Gasteiger partial charge in [0.2, 0.25) is 0 Å². The van der Waals surface area contributed by atoms with Crippen molar-refractivity contribution in [2.24, 2.45) is 0 Å². The summed E-state index contributed by atoms with van der Waals surface area (Å²) in [5.41, 5.74) is 3.63. The monoisotopic (exact) mass is 436 g/mol. The van der Waals surface area contributed by atoms with E-state index in [4.69, 9.17) is 16.3 Å². The van der Waals surface area contributed by atoms with Gasteiger partial charge in [-0.25, -0.2) is 4.98 Å². The molecule has 4 aromatic rings. The van der Waals surface area contributed by atoms with Gasteiger partial charge in [-0.3, -0.25) is 19.3 Å². The lowest BCUT2D eigenvalue weighted by atomic mass is 10.2. The smallest absolute Gasteiger partial charge is 0.286 e. The SMILES string of the molecule is Cc1cc(Cl)ccc1NC(=O)COc1ccc(-c2cn3cc([N+](=O)[O-])ccc3n2)cc1. The maximum atomic E-state index is 12.2. The van der Waals surface area contributed by atoms with Crippen molar-refractivity contribution in [1.82, 2.24) is 9.38 Å². The zero-order chi connectivity index (χ0) is 22.0. The Balaban J connectivity index is 1.40. The maximum Gasteiger partial charge on any atom is 0.286 e. The Morgan fingerprint density at radius 1 is 1.16 bits per heavy atom. The number of hydrogen-bond acceptors (Lipinski definition) is 5. The number of pyridine rings is 1. The second-order valence-electron chi connectivity index (χ2n) is 6.86. The molecule has 8 nitrogen and oxygen atoms in total. The molecule has 0 unspecified atom stereocenters. The number of hydrogen-bond donors (Lipinski definition) is 1. The molecule has 0 saturated heterocycles. The summed E-state index contributed by atoms with van der Waals surface area (Å²) in [5.74, 6) is 0.252. The fraction of sp³-hybridized carbons (Fsp3) is 0.0909. The third-order valence-electron chi connectivity index (χ3n) is 4.63. The molecular formula is C22H17ClN4O4. The summed E-state index contributed by atoms with van der Waals surface area (Å²) in [7, 11) is 0. The summed E-state index contributed by atoms with van der Waals surface area (Å²) in [6.45, 7) is 1.72. The number of imidazole rings is 1. The first kappa shape index (κ1) is 20.4. The predicted octanol–water partition coefficient (Wildman–Crippen LogP) is 4.89. The van der Waals surface area contributed by atoms with Gasteiger partial charge in [0, 0.05) is 28.5 Å². The Labute approximate surface area is 182 Å². The van der Waals surface area contributed by atoms with Gasteiger partial charge < -0.3 is 10.1 Å². The lowest BCUT2D eigenvalue weighted by molar-refractivity contribution is -0.385. The normalized spacial score (nSPS) is 10.8. The van der Waals surface area contributed by atoms with Gasteiger partial charge in [-0.2, -0.15) is 0 Å². The minimum absolute atomic E-state index is 0.00716. The molecule has 0 aliphatic heterocycles. The molecule has 0 radical (unpaired) electrons. The highest BCUT2D eigenvalue weighted by Gasteiger charge is 2.10. The van der Waals surface area contributed by atoms with Gasteiger partial charge in [-0.05, 0) is 61.0 Å². The fourth-order valence-electron chi connectivity index (χ4n) is 3.05. The zero-order valence-corrected chi connectivity index (χ0v) is 17.2. The number of aryl methyl sites for hydroxylation is 1. The van der Waals surface area contributed by atoms with E-state index in [-0.39, 0.29) is 18.2 Å². The number of aromatic nitrogens is 2. The quantitative estimate of drug-likeness (QED) is 0.342. The van der Waals surface area contributed by atoms with Gasteiger partial charge in [0.15, 0.2) is 6.61 Å². The van der Waals surface area contributed by atoms with Crippen molar-refractivity contribution >= 4 is 34.5 Å². The number of fused-ring (bicyclic) bond motifs is 1. The molecule has 2 heterocycles. The topological polar surface area (TPSA) is 98.8 Å². The predicted molar refractivity (Wildman–Crippen MR) is 118 cm³/mol. The number of amides is 1. The molecule has 2 aromatic carbocycles. The summed E-state index contributed by atoms with van der Waals surface area (Å²) in [6.07, 6.45) is 3.14. The molecule has 0 atom stereocenters. The largest absolute Gasteiger partial charge is 0.484 e. The molecule has 0 aliphatic carbocycles. The molecule has 1 amide bonds. The summed E-state index contributed by atoms with van der Waals surface area (Å²) < 4.78 is 7.17. The van der Waals surface area contributed by atoms with Crippen molar-refractivity contribution in [2.45, 2.75) is 6.92 Å². The molecular weight excluding hydrogens is 420 g/mol.